The maximum atomic E-state index is 11.3. The van der Waals surface area contributed by atoms with Crippen LogP contribution in [-0.4, -0.2) is 32.5 Å². The average Bonchev–Trinajstić information content (AvgIpc) is 2.83. The van der Waals surface area contributed by atoms with Crippen LogP contribution in [0.5, 0.6) is 0 Å². The third kappa shape index (κ3) is 3.84. The summed E-state index contributed by atoms with van der Waals surface area (Å²) in [5.74, 6) is 0.191. The summed E-state index contributed by atoms with van der Waals surface area (Å²) < 4.78 is 31.2. The first-order chi connectivity index (χ1) is 6.93. The first-order valence-corrected chi connectivity index (χ1v) is 6.49. The summed E-state index contributed by atoms with van der Waals surface area (Å²) >= 11 is 5.59. The number of amides is 1. The third-order valence-electron chi connectivity index (χ3n) is 1.95. The van der Waals surface area contributed by atoms with E-state index in [2.05, 4.69) is 9.46 Å². The van der Waals surface area contributed by atoms with Crippen LogP contribution in [-0.2, 0) is 14.9 Å². The van der Waals surface area contributed by atoms with Crippen LogP contribution in [0.3, 0.4) is 0 Å². The summed E-state index contributed by atoms with van der Waals surface area (Å²) in [6, 6.07) is 0. The van der Waals surface area contributed by atoms with Crippen molar-refractivity contribution in [2.24, 2.45) is 0 Å². The van der Waals surface area contributed by atoms with Crippen molar-refractivity contribution in [3.63, 3.8) is 0 Å². The summed E-state index contributed by atoms with van der Waals surface area (Å²) in [6.45, 7) is 1.70. The topological polar surface area (TPSA) is 84.5 Å². The summed E-state index contributed by atoms with van der Waals surface area (Å²) in [6.07, 6.45) is 0.371. The zero-order valence-electron chi connectivity index (χ0n) is 8.25. The van der Waals surface area contributed by atoms with Crippen molar-refractivity contribution in [1.29, 1.82) is 0 Å². The fraction of sp³-hybridized carbons (Fsp3) is 0.857. The molecule has 0 aromatic carbocycles. The number of alkyl halides is 1. The molecule has 0 radical (unpaired) electrons. The van der Waals surface area contributed by atoms with Gasteiger partial charge < -0.3 is 4.74 Å². The number of hydrogen-bond donors (Lipinski definition) is 2. The predicted molar refractivity (Wildman–Crippen MR) is 54.9 cm³/mol. The summed E-state index contributed by atoms with van der Waals surface area (Å²) in [7, 11) is -3.87. The van der Waals surface area contributed by atoms with E-state index >= 15 is 0 Å². The van der Waals surface area contributed by atoms with Gasteiger partial charge in [-0.25, -0.2) is 9.52 Å². The first kappa shape index (κ1) is 12.5. The minimum absolute atomic E-state index is 0.113. The molecule has 1 rings (SSSR count). The Labute approximate surface area is 93.5 Å². The van der Waals surface area contributed by atoms with E-state index in [0.717, 1.165) is 0 Å². The van der Waals surface area contributed by atoms with Gasteiger partial charge >= 0.3 is 16.3 Å². The zero-order chi connectivity index (χ0) is 11.5. The molecule has 2 N–H and O–H groups in total. The van der Waals surface area contributed by atoms with Crippen LogP contribution in [0.15, 0.2) is 0 Å². The Morgan fingerprint density at radius 1 is 1.53 bits per heavy atom. The second-order valence-electron chi connectivity index (χ2n) is 3.34. The lowest BCUT2D eigenvalue weighted by molar-refractivity contribution is 0.158. The second-order valence-corrected chi connectivity index (χ2v) is 5.02. The van der Waals surface area contributed by atoms with Crippen LogP contribution in [0.1, 0.15) is 19.8 Å². The Kier molecular flexibility index (Phi) is 3.80. The molecule has 0 bridgehead atoms. The molecule has 0 heterocycles. The maximum Gasteiger partial charge on any atom is 0.421 e. The van der Waals surface area contributed by atoms with Gasteiger partial charge in [0.2, 0.25) is 0 Å². The molecule has 1 saturated carbocycles. The van der Waals surface area contributed by atoms with Crippen LogP contribution < -0.4 is 9.44 Å². The number of carbonyl (C=O) groups is 1. The molecule has 0 unspecified atom stereocenters. The molecule has 0 atom stereocenters. The molecule has 0 aromatic rings. The largest absolute Gasteiger partial charge is 0.449 e. The van der Waals surface area contributed by atoms with E-state index in [1.165, 1.54) is 0 Å². The van der Waals surface area contributed by atoms with E-state index in [-0.39, 0.29) is 12.5 Å². The van der Waals surface area contributed by atoms with E-state index in [1.54, 1.807) is 11.6 Å². The molecule has 1 fully saturated rings. The van der Waals surface area contributed by atoms with Gasteiger partial charge in [0.05, 0.1) is 6.61 Å². The van der Waals surface area contributed by atoms with Gasteiger partial charge in [0.1, 0.15) is 0 Å². The van der Waals surface area contributed by atoms with Gasteiger partial charge in [0, 0.05) is 11.4 Å². The van der Waals surface area contributed by atoms with Gasteiger partial charge in [-0.15, -0.1) is 11.6 Å². The molecule has 8 heteroatoms. The smallest absolute Gasteiger partial charge is 0.421 e. The standard InChI is InChI=1S/C7H13ClN2O4S/c1-2-14-6(11)9-15(12,13)10-7(5-8)3-4-7/h10H,2-5H2,1H3,(H,9,11). The number of carbonyl (C=O) groups excluding carboxylic acids is 1. The molecular weight excluding hydrogens is 244 g/mol. The molecule has 1 amide bonds. The minimum Gasteiger partial charge on any atom is -0.449 e. The summed E-state index contributed by atoms with van der Waals surface area (Å²) in [5, 5.41) is 0. The van der Waals surface area contributed by atoms with Gasteiger partial charge in [-0.1, -0.05) is 0 Å². The van der Waals surface area contributed by atoms with Crippen molar-refractivity contribution in [3.8, 4) is 0 Å². The molecule has 88 valence electrons. The second kappa shape index (κ2) is 4.54. The van der Waals surface area contributed by atoms with Crippen molar-refractivity contribution in [3.05, 3.63) is 0 Å². The van der Waals surface area contributed by atoms with Gasteiger partial charge in [0.15, 0.2) is 0 Å². The number of rotatable bonds is 5. The summed E-state index contributed by atoms with van der Waals surface area (Å²) in [5.41, 5.74) is -0.583. The van der Waals surface area contributed by atoms with Gasteiger partial charge in [-0.2, -0.15) is 13.1 Å². The maximum absolute atomic E-state index is 11.3. The fourth-order valence-corrected chi connectivity index (χ4v) is 2.58. The average molecular weight is 257 g/mol. The van der Waals surface area contributed by atoms with Crippen LogP contribution in [0, 0.1) is 0 Å². The third-order valence-corrected chi connectivity index (χ3v) is 3.60. The number of ether oxygens (including phenoxy) is 1. The highest BCUT2D eigenvalue weighted by atomic mass is 35.5. The van der Waals surface area contributed by atoms with Gasteiger partial charge in [-0.05, 0) is 19.8 Å². The van der Waals surface area contributed by atoms with Crippen LogP contribution in [0.2, 0.25) is 0 Å². The Morgan fingerprint density at radius 2 is 2.13 bits per heavy atom. The normalized spacial score (nSPS) is 18.3. The Hall–Kier alpha value is -0.530. The lowest BCUT2D eigenvalue weighted by atomic mass is 10.4. The zero-order valence-corrected chi connectivity index (χ0v) is 9.82. The Bertz CT molecular complexity index is 339. The molecular formula is C7H13ClN2O4S. The van der Waals surface area contributed by atoms with Crippen LogP contribution in [0.25, 0.3) is 0 Å². The molecule has 0 spiro atoms. The quantitative estimate of drug-likeness (QED) is 0.695. The lowest BCUT2D eigenvalue weighted by Crippen LogP contribution is -2.47. The van der Waals surface area contributed by atoms with Crippen molar-refractivity contribution in [2.45, 2.75) is 25.3 Å². The van der Waals surface area contributed by atoms with Gasteiger partial charge in [-0.3, -0.25) is 0 Å². The van der Waals surface area contributed by atoms with Crippen molar-refractivity contribution in [1.82, 2.24) is 9.44 Å². The van der Waals surface area contributed by atoms with E-state index in [9.17, 15) is 13.2 Å². The molecule has 6 nitrogen and oxygen atoms in total. The van der Waals surface area contributed by atoms with Gasteiger partial charge in [0.25, 0.3) is 0 Å². The highest BCUT2D eigenvalue weighted by molar-refractivity contribution is 7.88. The highest BCUT2D eigenvalue weighted by Crippen LogP contribution is 2.36. The summed E-state index contributed by atoms with van der Waals surface area (Å²) in [4.78, 5) is 10.9. The molecule has 0 aromatic heterocycles. The highest BCUT2D eigenvalue weighted by Gasteiger charge is 2.45. The number of halogens is 1. The van der Waals surface area contributed by atoms with E-state index in [4.69, 9.17) is 11.6 Å². The Balaban J connectivity index is 2.49. The molecule has 0 aliphatic heterocycles. The minimum atomic E-state index is -3.87. The van der Waals surface area contributed by atoms with E-state index in [0.29, 0.717) is 12.8 Å². The molecule has 0 saturated heterocycles. The lowest BCUT2D eigenvalue weighted by Gasteiger charge is -2.14. The van der Waals surface area contributed by atoms with E-state index in [1.807, 2.05) is 0 Å². The molecule has 15 heavy (non-hydrogen) atoms. The number of hydrogen-bond acceptors (Lipinski definition) is 4. The first-order valence-electron chi connectivity index (χ1n) is 4.47. The van der Waals surface area contributed by atoms with Crippen molar-refractivity contribution in [2.75, 3.05) is 12.5 Å². The molecule has 1 aliphatic rings. The predicted octanol–water partition coefficient (Wildman–Crippen LogP) is 0.338. The molecule has 1 aliphatic carbocycles. The number of nitrogens with one attached hydrogen (secondary N) is 2. The van der Waals surface area contributed by atoms with Crippen LogP contribution >= 0.6 is 11.6 Å². The van der Waals surface area contributed by atoms with E-state index < -0.39 is 21.8 Å². The van der Waals surface area contributed by atoms with Crippen LogP contribution in [0.4, 0.5) is 4.79 Å². The Morgan fingerprint density at radius 3 is 2.53 bits per heavy atom. The monoisotopic (exact) mass is 256 g/mol. The van der Waals surface area contributed by atoms with Crippen molar-refractivity contribution >= 4 is 27.9 Å². The van der Waals surface area contributed by atoms with Crippen molar-refractivity contribution < 1.29 is 17.9 Å². The fourth-order valence-electron chi connectivity index (χ4n) is 0.995. The SMILES string of the molecule is CCOC(=O)NS(=O)(=O)NC1(CCl)CC1.